The van der Waals surface area contributed by atoms with E-state index in [-0.39, 0.29) is 12.5 Å². The molecule has 0 saturated heterocycles. The second-order valence-corrected chi connectivity index (χ2v) is 8.25. The lowest BCUT2D eigenvalue weighted by Gasteiger charge is -2.20. The van der Waals surface area contributed by atoms with E-state index in [1.807, 2.05) is 13.0 Å². The van der Waals surface area contributed by atoms with E-state index in [9.17, 15) is 9.59 Å². The van der Waals surface area contributed by atoms with Gasteiger partial charge in [0.2, 0.25) is 0 Å². The molecule has 0 aliphatic carbocycles. The summed E-state index contributed by atoms with van der Waals surface area (Å²) < 4.78 is 12.0. The van der Waals surface area contributed by atoms with Crippen LogP contribution in [-0.2, 0) is 4.79 Å². The van der Waals surface area contributed by atoms with Crippen LogP contribution in [0.1, 0.15) is 108 Å². The summed E-state index contributed by atoms with van der Waals surface area (Å²) in [6, 6.07) is 5.35. The van der Waals surface area contributed by atoms with Crippen LogP contribution < -0.4 is 9.47 Å². The number of benzene rings is 1. The number of carboxylic acids is 1. The third-order valence-corrected chi connectivity index (χ3v) is 5.40. The summed E-state index contributed by atoms with van der Waals surface area (Å²) in [6.45, 7) is 4.66. The topological polar surface area (TPSA) is 72.8 Å². The Hall–Kier alpha value is -2.30. The van der Waals surface area contributed by atoms with Crippen molar-refractivity contribution < 1.29 is 24.2 Å². The van der Waals surface area contributed by atoms with Crippen LogP contribution in [-0.4, -0.2) is 30.1 Å². The molecular formula is C27H42O5. The standard InChI is InChI=1S/C27H42O5/c1-3-5-6-13-16-24(17-14-11-9-7-8-10-12-15-18-27(29)30)32-25-20-19-23(22-28)21-26(25)31-4-2/h11,14,19-22,24H,3-10,12-13,15-18H2,1-2H3,(H,29,30)/b14-11-/t24-/m0/s1. The number of rotatable bonds is 20. The first-order valence-corrected chi connectivity index (χ1v) is 12.4. The van der Waals surface area contributed by atoms with Crippen molar-refractivity contribution in [2.24, 2.45) is 0 Å². The van der Waals surface area contributed by atoms with Gasteiger partial charge in [0, 0.05) is 18.4 Å². The van der Waals surface area contributed by atoms with Crippen molar-refractivity contribution in [3.63, 3.8) is 0 Å². The molecule has 0 aromatic heterocycles. The second-order valence-electron chi connectivity index (χ2n) is 8.25. The molecule has 5 nitrogen and oxygen atoms in total. The van der Waals surface area contributed by atoms with Gasteiger partial charge in [-0.25, -0.2) is 0 Å². The van der Waals surface area contributed by atoms with E-state index in [2.05, 4.69) is 19.1 Å². The average molecular weight is 447 g/mol. The van der Waals surface area contributed by atoms with Gasteiger partial charge in [-0.1, -0.05) is 57.6 Å². The molecule has 1 rings (SSSR count). The lowest BCUT2D eigenvalue weighted by atomic mass is 10.1. The smallest absolute Gasteiger partial charge is 0.303 e. The molecule has 0 spiro atoms. The Morgan fingerprint density at radius 2 is 1.72 bits per heavy atom. The summed E-state index contributed by atoms with van der Waals surface area (Å²) in [4.78, 5) is 21.6. The molecule has 0 heterocycles. The number of ether oxygens (including phenoxy) is 2. The van der Waals surface area contributed by atoms with Gasteiger partial charge in [-0.05, 0) is 57.2 Å². The summed E-state index contributed by atoms with van der Waals surface area (Å²) in [6.07, 6.45) is 18.5. The number of hydrogen-bond donors (Lipinski definition) is 1. The molecule has 32 heavy (non-hydrogen) atoms. The van der Waals surface area contributed by atoms with Crippen LogP contribution in [0.5, 0.6) is 11.5 Å². The van der Waals surface area contributed by atoms with Gasteiger partial charge in [-0.2, -0.15) is 0 Å². The number of hydrogen-bond acceptors (Lipinski definition) is 4. The minimum Gasteiger partial charge on any atom is -0.490 e. The van der Waals surface area contributed by atoms with Crippen LogP contribution in [0.4, 0.5) is 0 Å². The number of aldehydes is 1. The second kappa shape index (κ2) is 18.3. The summed E-state index contributed by atoms with van der Waals surface area (Å²) in [5.74, 6) is 0.627. The van der Waals surface area contributed by atoms with Crippen LogP contribution in [0.2, 0.25) is 0 Å². The van der Waals surface area contributed by atoms with Gasteiger partial charge in [-0.15, -0.1) is 0 Å². The molecule has 5 heteroatoms. The van der Waals surface area contributed by atoms with E-state index < -0.39 is 5.97 Å². The van der Waals surface area contributed by atoms with Crippen molar-refractivity contribution in [3.8, 4) is 11.5 Å². The van der Waals surface area contributed by atoms with Crippen LogP contribution >= 0.6 is 0 Å². The maximum atomic E-state index is 11.1. The number of carboxylic acid groups (broad SMARTS) is 1. The van der Waals surface area contributed by atoms with Crippen molar-refractivity contribution in [3.05, 3.63) is 35.9 Å². The van der Waals surface area contributed by atoms with Gasteiger partial charge in [-0.3, -0.25) is 9.59 Å². The largest absolute Gasteiger partial charge is 0.490 e. The molecule has 1 atom stereocenters. The zero-order valence-corrected chi connectivity index (χ0v) is 20.0. The minimum atomic E-state index is -0.701. The van der Waals surface area contributed by atoms with Gasteiger partial charge in [0.25, 0.3) is 0 Å². The van der Waals surface area contributed by atoms with E-state index in [1.165, 1.54) is 19.3 Å². The van der Waals surface area contributed by atoms with Crippen LogP contribution in [0.25, 0.3) is 0 Å². The molecule has 0 aliphatic rings. The zero-order valence-electron chi connectivity index (χ0n) is 20.0. The van der Waals surface area contributed by atoms with Crippen molar-refractivity contribution in [1.82, 2.24) is 0 Å². The molecule has 0 unspecified atom stereocenters. The predicted octanol–water partition coefficient (Wildman–Crippen LogP) is 7.38. The van der Waals surface area contributed by atoms with Gasteiger partial charge < -0.3 is 14.6 Å². The third-order valence-electron chi connectivity index (χ3n) is 5.40. The van der Waals surface area contributed by atoms with Crippen molar-refractivity contribution >= 4 is 12.3 Å². The first kappa shape index (κ1) is 27.7. The summed E-state index contributed by atoms with van der Waals surface area (Å²) in [7, 11) is 0. The molecule has 180 valence electrons. The number of aliphatic carboxylic acids is 1. The lowest BCUT2D eigenvalue weighted by Crippen LogP contribution is -2.16. The van der Waals surface area contributed by atoms with Crippen molar-refractivity contribution in [1.29, 1.82) is 0 Å². The highest BCUT2D eigenvalue weighted by Crippen LogP contribution is 2.30. The first-order valence-electron chi connectivity index (χ1n) is 12.4. The Balaban J connectivity index is 2.51. The van der Waals surface area contributed by atoms with E-state index in [1.54, 1.807) is 12.1 Å². The van der Waals surface area contributed by atoms with E-state index in [0.717, 1.165) is 64.1 Å². The Kier molecular flexibility index (Phi) is 15.9. The fourth-order valence-corrected chi connectivity index (χ4v) is 3.60. The van der Waals surface area contributed by atoms with Gasteiger partial charge in [0.15, 0.2) is 11.5 Å². The molecule has 0 fully saturated rings. The molecular weight excluding hydrogens is 404 g/mol. The summed E-state index contributed by atoms with van der Waals surface area (Å²) in [5.41, 5.74) is 0.586. The summed E-state index contributed by atoms with van der Waals surface area (Å²) in [5, 5.41) is 8.66. The van der Waals surface area contributed by atoms with Crippen LogP contribution in [0, 0.1) is 0 Å². The molecule has 1 aromatic carbocycles. The Morgan fingerprint density at radius 1 is 0.969 bits per heavy atom. The maximum absolute atomic E-state index is 11.1. The normalized spacial score (nSPS) is 12.1. The molecule has 0 radical (unpaired) electrons. The van der Waals surface area contributed by atoms with Crippen LogP contribution in [0.15, 0.2) is 30.4 Å². The monoisotopic (exact) mass is 446 g/mol. The summed E-state index contributed by atoms with van der Waals surface area (Å²) >= 11 is 0. The van der Waals surface area contributed by atoms with Crippen molar-refractivity contribution in [2.75, 3.05) is 6.61 Å². The highest BCUT2D eigenvalue weighted by Gasteiger charge is 2.13. The number of carbonyl (C=O) groups excluding carboxylic acids is 1. The predicted molar refractivity (Wildman–Crippen MR) is 130 cm³/mol. The molecule has 0 amide bonds. The minimum absolute atomic E-state index is 0.0837. The number of unbranched alkanes of at least 4 members (excludes halogenated alkanes) is 8. The molecule has 0 aliphatic heterocycles. The van der Waals surface area contributed by atoms with Gasteiger partial charge in [0.05, 0.1) is 6.61 Å². The molecule has 1 aromatic rings. The zero-order chi connectivity index (χ0) is 23.4. The number of carbonyl (C=O) groups is 2. The average Bonchev–Trinajstić information content (AvgIpc) is 2.78. The Bertz CT molecular complexity index is 668. The fourth-order valence-electron chi connectivity index (χ4n) is 3.60. The maximum Gasteiger partial charge on any atom is 0.303 e. The van der Waals surface area contributed by atoms with E-state index >= 15 is 0 Å². The highest BCUT2D eigenvalue weighted by molar-refractivity contribution is 5.76. The van der Waals surface area contributed by atoms with Gasteiger partial charge in [0.1, 0.15) is 12.4 Å². The van der Waals surface area contributed by atoms with E-state index in [4.69, 9.17) is 14.6 Å². The van der Waals surface area contributed by atoms with Crippen LogP contribution in [0.3, 0.4) is 0 Å². The Labute approximate surface area is 194 Å². The lowest BCUT2D eigenvalue weighted by molar-refractivity contribution is -0.137. The van der Waals surface area contributed by atoms with Crippen molar-refractivity contribution in [2.45, 2.75) is 103 Å². The molecule has 0 saturated carbocycles. The quantitative estimate of drug-likeness (QED) is 0.128. The highest BCUT2D eigenvalue weighted by atomic mass is 16.5. The number of allylic oxidation sites excluding steroid dienone is 1. The van der Waals surface area contributed by atoms with E-state index in [0.29, 0.717) is 23.7 Å². The van der Waals surface area contributed by atoms with Gasteiger partial charge >= 0.3 is 5.97 Å². The molecule has 1 N–H and O–H groups in total. The fraction of sp³-hybridized carbons (Fsp3) is 0.630. The first-order chi connectivity index (χ1) is 15.6. The third kappa shape index (κ3) is 13.2. The Morgan fingerprint density at radius 3 is 2.44 bits per heavy atom. The SMILES string of the molecule is CCCCCC[C@@H](C/C=C\CCCCCCCC(=O)O)Oc1ccc(C=O)cc1OCC. The molecule has 0 bridgehead atoms.